The van der Waals surface area contributed by atoms with Gasteiger partial charge in [-0.25, -0.2) is 0 Å². The van der Waals surface area contributed by atoms with Crippen LogP contribution in [0, 0.1) is 0 Å². The number of benzene rings is 2. The van der Waals surface area contributed by atoms with Crippen molar-refractivity contribution in [1.82, 2.24) is 15.1 Å². The number of aromatic hydroxyl groups is 1. The van der Waals surface area contributed by atoms with E-state index in [1.54, 1.807) is 0 Å². The number of aromatic nitrogens is 2. The largest absolute Gasteiger partial charge is 0.505 e. The highest BCUT2D eigenvalue weighted by Crippen LogP contribution is 2.33. The summed E-state index contributed by atoms with van der Waals surface area (Å²) in [6.07, 6.45) is 0.547. The first-order chi connectivity index (χ1) is 14.0. The van der Waals surface area contributed by atoms with Crippen molar-refractivity contribution in [2.24, 2.45) is 5.73 Å². The number of ether oxygens (including phenoxy) is 1. The number of rotatable bonds is 5. The van der Waals surface area contributed by atoms with E-state index < -0.39 is 5.91 Å². The number of morpholine rings is 1. The number of hydrogen-bond donors (Lipinski definition) is 2. The highest BCUT2D eigenvalue weighted by Gasteiger charge is 2.21. The molecule has 150 valence electrons. The summed E-state index contributed by atoms with van der Waals surface area (Å²) < 4.78 is 5.44. The molecular weight excluding hydrogens is 392 g/mol. The zero-order valence-electron chi connectivity index (χ0n) is 15.8. The number of carbonyl (C=O) groups is 1. The summed E-state index contributed by atoms with van der Waals surface area (Å²) in [7, 11) is 0. The predicted molar refractivity (Wildman–Crippen MR) is 110 cm³/mol. The molecule has 0 spiro atoms. The van der Waals surface area contributed by atoms with Gasteiger partial charge in [-0.15, -0.1) is 10.2 Å². The maximum Gasteiger partial charge on any atom is 0.273 e. The van der Waals surface area contributed by atoms with E-state index in [1.165, 1.54) is 0 Å². The van der Waals surface area contributed by atoms with Crippen molar-refractivity contribution >= 4 is 28.4 Å². The number of nitrogens with zero attached hydrogens (tertiary/aromatic N) is 3. The van der Waals surface area contributed by atoms with E-state index in [0.29, 0.717) is 42.1 Å². The maximum atomic E-state index is 11.7. The molecule has 0 aliphatic carbocycles. The second kappa shape index (κ2) is 8.32. The molecule has 2 heterocycles. The molecule has 3 N–H and O–H groups in total. The molecule has 1 saturated heterocycles. The summed E-state index contributed by atoms with van der Waals surface area (Å²) >= 11 is 6.02. The Bertz CT molecular complexity index is 1050. The van der Waals surface area contributed by atoms with Crippen molar-refractivity contribution in [1.29, 1.82) is 0 Å². The summed E-state index contributed by atoms with van der Waals surface area (Å²) in [5.74, 6) is -1.04. The van der Waals surface area contributed by atoms with Gasteiger partial charge in [-0.2, -0.15) is 0 Å². The van der Waals surface area contributed by atoms with Crippen LogP contribution in [-0.2, 0) is 17.7 Å². The Morgan fingerprint density at radius 2 is 1.86 bits per heavy atom. The lowest BCUT2D eigenvalue weighted by molar-refractivity contribution is 0.0341. The van der Waals surface area contributed by atoms with Crippen LogP contribution in [0.4, 0.5) is 0 Å². The summed E-state index contributed by atoms with van der Waals surface area (Å²) in [5.41, 5.74) is 8.64. The average molecular weight is 413 g/mol. The number of nitrogens with two attached hydrogens (primary N) is 1. The molecule has 0 saturated carbocycles. The SMILES string of the molecule is NC(=O)c1nnc2ccc(CN3CCOCC3)c(Cc3ccc(Cl)cc3)c2c1O. The molecule has 3 aromatic rings. The lowest BCUT2D eigenvalue weighted by Gasteiger charge is -2.28. The van der Waals surface area contributed by atoms with Gasteiger partial charge in [0.2, 0.25) is 0 Å². The molecular formula is C21H21ClN4O3. The molecule has 1 amide bonds. The molecule has 0 unspecified atom stereocenters. The minimum atomic E-state index is -0.812. The quantitative estimate of drug-likeness (QED) is 0.667. The third-order valence-electron chi connectivity index (χ3n) is 5.13. The zero-order chi connectivity index (χ0) is 20.4. The number of fused-ring (bicyclic) bond motifs is 1. The first kappa shape index (κ1) is 19.6. The van der Waals surface area contributed by atoms with Crippen LogP contribution in [0.15, 0.2) is 36.4 Å². The Labute approximate surface area is 173 Å². The van der Waals surface area contributed by atoms with E-state index in [9.17, 15) is 9.90 Å². The second-order valence-electron chi connectivity index (χ2n) is 7.05. The summed E-state index contributed by atoms with van der Waals surface area (Å²) in [6, 6.07) is 11.4. The fraction of sp³-hybridized carbons (Fsp3) is 0.286. The number of primary amides is 1. The van der Waals surface area contributed by atoms with Gasteiger partial charge in [0.05, 0.1) is 24.1 Å². The van der Waals surface area contributed by atoms with Crippen LogP contribution in [0.3, 0.4) is 0 Å². The topological polar surface area (TPSA) is 102 Å². The monoisotopic (exact) mass is 412 g/mol. The molecule has 0 radical (unpaired) electrons. The molecule has 4 rings (SSSR count). The van der Waals surface area contributed by atoms with Crippen LogP contribution in [0.1, 0.15) is 27.2 Å². The Morgan fingerprint density at radius 1 is 1.14 bits per heavy atom. The van der Waals surface area contributed by atoms with Gasteiger partial charge in [0.1, 0.15) is 0 Å². The first-order valence-corrected chi connectivity index (χ1v) is 9.75. The number of carbonyl (C=O) groups excluding carboxylic acids is 1. The average Bonchev–Trinajstić information content (AvgIpc) is 2.72. The van der Waals surface area contributed by atoms with Gasteiger partial charge in [-0.3, -0.25) is 9.69 Å². The molecule has 0 atom stereocenters. The Morgan fingerprint density at radius 3 is 2.55 bits per heavy atom. The van der Waals surface area contributed by atoms with E-state index in [4.69, 9.17) is 22.1 Å². The van der Waals surface area contributed by atoms with Crippen LogP contribution in [0.5, 0.6) is 5.75 Å². The third-order valence-corrected chi connectivity index (χ3v) is 5.38. The highest BCUT2D eigenvalue weighted by molar-refractivity contribution is 6.30. The molecule has 7 nitrogen and oxygen atoms in total. The maximum absolute atomic E-state index is 11.7. The Kier molecular flexibility index (Phi) is 5.62. The standard InChI is InChI=1S/C21H21ClN4O3/c22-15-4-1-13(2-5-15)11-16-14(12-26-7-9-29-10-8-26)3-6-17-18(16)20(27)19(21(23)28)25-24-17/h1-6H,7-12H2,(H2,23,28)(H,24,27). The number of halogens is 1. The third kappa shape index (κ3) is 4.17. The van der Waals surface area contributed by atoms with E-state index >= 15 is 0 Å². The van der Waals surface area contributed by atoms with Crippen molar-refractivity contribution in [2.75, 3.05) is 26.3 Å². The van der Waals surface area contributed by atoms with Crippen LogP contribution in [0.2, 0.25) is 5.02 Å². The van der Waals surface area contributed by atoms with Crippen LogP contribution < -0.4 is 5.73 Å². The van der Waals surface area contributed by atoms with Crippen LogP contribution >= 0.6 is 11.6 Å². The predicted octanol–water partition coefficient (Wildman–Crippen LogP) is 2.51. The van der Waals surface area contributed by atoms with Gasteiger partial charge in [0.25, 0.3) is 5.91 Å². The second-order valence-corrected chi connectivity index (χ2v) is 7.49. The van der Waals surface area contributed by atoms with Gasteiger partial charge in [-0.1, -0.05) is 29.8 Å². The normalized spacial score (nSPS) is 14.9. The van der Waals surface area contributed by atoms with Crippen molar-refractivity contribution in [3.05, 3.63) is 63.8 Å². The van der Waals surface area contributed by atoms with Gasteiger partial charge >= 0.3 is 0 Å². The first-order valence-electron chi connectivity index (χ1n) is 9.37. The Balaban J connectivity index is 1.84. The molecule has 1 aromatic heterocycles. The van der Waals surface area contributed by atoms with Crippen molar-refractivity contribution in [3.8, 4) is 5.75 Å². The lowest BCUT2D eigenvalue weighted by atomic mass is 9.94. The molecule has 0 bridgehead atoms. The fourth-order valence-corrected chi connectivity index (χ4v) is 3.74. The summed E-state index contributed by atoms with van der Waals surface area (Å²) in [4.78, 5) is 14.0. The zero-order valence-corrected chi connectivity index (χ0v) is 16.5. The van der Waals surface area contributed by atoms with Gasteiger partial charge in [-0.05, 0) is 41.3 Å². The van der Waals surface area contributed by atoms with Crippen LogP contribution in [0.25, 0.3) is 10.9 Å². The minimum absolute atomic E-state index is 0.224. The Hall–Kier alpha value is -2.74. The van der Waals surface area contributed by atoms with E-state index in [2.05, 4.69) is 15.1 Å². The van der Waals surface area contributed by atoms with E-state index in [1.807, 2.05) is 36.4 Å². The van der Waals surface area contributed by atoms with Crippen LogP contribution in [-0.4, -0.2) is 52.4 Å². The molecule has 29 heavy (non-hydrogen) atoms. The summed E-state index contributed by atoms with van der Waals surface area (Å²) in [5, 5.41) is 19.9. The van der Waals surface area contributed by atoms with Gasteiger partial charge in [0.15, 0.2) is 11.4 Å². The molecule has 8 heteroatoms. The lowest BCUT2D eigenvalue weighted by Crippen LogP contribution is -2.35. The smallest absolute Gasteiger partial charge is 0.273 e. The molecule has 1 aliphatic heterocycles. The number of hydrogen-bond acceptors (Lipinski definition) is 6. The van der Waals surface area contributed by atoms with E-state index in [0.717, 1.165) is 29.8 Å². The molecule has 2 aromatic carbocycles. The minimum Gasteiger partial charge on any atom is -0.505 e. The van der Waals surface area contributed by atoms with Crippen molar-refractivity contribution < 1.29 is 14.6 Å². The highest BCUT2D eigenvalue weighted by atomic mass is 35.5. The molecule has 1 aliphatic rings. The summed E-state index contributed by atoms with van der Waals surface area (Å²) in [6.45, 7) is 3.78. The number of amides is 1. The van der Waals surface area contributed by atoms with Gasteiger partial charge < -0.3 is 15.6 Å². The van der Waals surface area contributed by atoms with Crippen molar-refractivity contribution in [3.63, 3.8) is 0 Å². The van der Waals surface area contributed by atoms with Gasteiger partial charge in [0, 0.05) is 24.7 Å². The van der Waals surface area contributed by atoms with Crippen molar-refractivity contribution in [2.45, 2.75) is 13.0 Å². The molecule has 1 fully saturated rings. The van der Waals surface area contributed by atoms with E-state index in [-0.39, 0.29) is 11.4 Å². The fourth-order valence-electron chi connectivity index (χ4n) is 3.62.